The molecule has 2 aromatic rings. The molecule has 0 aliphatic carbocycles. The van der Waals surface area contributed by atoms with Gasteiger partial charge in [0, 0.05) is 19.0 Å². The average molecular weight is 270 g/mol. The van der Waals surface area contributed by atoms with Crippen molar-refractivity contribution in [3.8, 4) is 0 Å². The molecule has 20 heavy (non-hydrogen) atoms. The number of hydrogen-bond donors (Lipinski definition) is 1. The van der Waals surface area contributed by atoms with Crippen LogP contribution in [0, 0.1) is 6.92 Å². The van der Waals surface area contributed by atoms with E-state index >= 15 is 0 Å². The quantitative estimate of drug-likeness (QED) is 0.929. The van der Waals surface area contributed by atoms with Crippen molar-refractivity contribution >= 4 is 0 Å². The standard InChI is InChI=1S/C16H22N4/c1-12-6-8-14(9-7-12)13(2)17-11-16-19-18-15-5-3-4-10-20(15)16/h6-9,13,17H,3-5,10-11H2,1-2H3/t13-/m1/s1. The second kappa shape index (κ2) is 5.75. The van der Waals surface area contributed by atoms with Gasteiger partial charge in [-0.15, -0.1) is 10.2 Å². The first-order chi connectivity index (χ1) is 9.74. The molecule has 3 rings (SSSR count). The minimum Gasteiger partial charge on any atom is -0.314 e. The van der Waals surface area contributed by atoms with Crippen LogP contribution < -0.4 is 5.32 Å². The molecule has 0 bridgehead atoms. The Morgan fingerprint density at radius 3 is 2.80 bits per heavy atom. The van der Waals surface area contributed by atoms with Crippen LogP contribution in [-0.4, -0.2) is 14.8 Å². The highest BCUT2D eigenvalue weighted by atomic mass is 15.3. The predicted octanol–water partition coefficient (Wildman–Crippen LogP) is 2.77. The molecule has 1 atom stereocenters. The fourth-order valence-corrected chi connectivity index (χ4v) is 2.72. The zero-order valence-electron chi connectivity index (χ0n) is 12.3. The number of aromatic nitrogens is 3. The lowest BCUT2D eigenvalue weighted by molar-refractivity contribution is 0.484. The van der Waals surface area contributed by atoms with Crippen molar-refractivity contribution in [3.63, 3.8) is 0 Å². The molecule has 4 nitrogen and oxygen atoms in total. The van der Waals surface area contributed by atoms with Crippen molar-refractivity contribution < 1.29 is 0 Å². The van der Waals surface area contributed by atoms with E-state index in [2.05, 4.69) is 58.2 Å². The molecule has 4 heteroatoms. The topological polar surface area (TPSA) is 42.7 Å². The van der Waals surface area contributed by atoms with Crippen LogP contribution in [0.3, 0.4) is 0 Å². The van der Waals surface area contributed by atoms with E-state index in [9.17, 15) is 0 Å². The molecular weight excluding hydrogens is 248 g/mol. The molecule has 0 spiro atoms. The number of fused-ring (bicyclic) bond motifs is 1. The maximum absolute atomic E-state index is 4.33. The van der Waals surface area contributed by atoms with Gasteiger partial charge in [-0.25, -0.2) is 0 Å². The van der Waals surface area contributed by atoms with Gasteiger partial charge >= 0.3 is 0 Å². The highest BCUT2D eigenvalue weighted by Crippen LogP contribution is 2.16. The minimum absolute atomic E-state index is 0.326. The van der Waals surface area contributed by atoms with E-state index in [0.717, 1.165) is 31.2 Å². The Bertz CT molecular complexity index is 571. The summed E-state index contributed by atoms with van der Waals surface area (Å²) in [5, 5.41) is 12.2. The van der Waals surface area contributed by atoms with Crippen molar-refractivity contribution in [3.05, 3.63) is 47.0 Å². The van der Waals surface area contributed by atoms with Gasteiger partial charge in [-0.05, 0) is 32.3 Å². The van der Waals surface area contributed by atoms with Crippen molar-refractivity contribution in [2.24, 2.45) is 0 Å². The second-order valence-corrected chi connectivity index (χ2v) is 5.65. The molecule has 1 aliphatic rings. The maximum atomic E-state index is 4.33. The van der Waals surface area contributed by atoms with Crippen LogP contribution in [0.1, 0.15) is 48.6 Å². The van der Waals surface area contributed by atoms with Crippen LogP contribution in [0.15, 0.2) is 24.3 Å². The summed E-state index contributed by atoms with van der Waals surface area (Å²) in [7, 11) is 0. The molecule has 0 fully saturated rings. The van der Waals surface area contributed by atoms with Crippen molar-refractivity contribution in [2.45, 2.75) is 52.2 Å². The summed E-state index contributed by atoms with van der Waals surface area (Å²) in [6.45, 7) is 6.16. The normalized spacial score (nSPS) is 15.9. The summed E-state index contributed by atoms with van der Waals surface area (Å²) >= 11 is 0. The third-order valence-corrected chi connectivity index (χ3v) is 4.08. The largest absolute Gasteiger partial charge is 0.314 e. The van der Waals surface area contributed by atoms with Crippen LogP contribution in [-0.2, 0) is 19.5 Å². The van der Waals surface area contributed by atoms with Gasteiger partial charge in [0.05, 0.1) is 6.54 Å². The molecule has 0 radical (unpaired) electrons. The van der Waals surface area contributed by atoms with E-state index < -0.39 is 0 Å². The van der Waals surface area contributed by atoms with Crippen LogP contribution in [0.5, 0.6) is 0 Å². The van der Waals surface area contributed by atoms with Crippen LogP contribution >= 0.6 is 0 Å². The zero-order chi connectivity index (χ0) is 13.9. The lowest BCUT2D eigenvalue weighted by Gasteiger charge is -2.17. The number of aryl methyl sites for hydroxylation is 2. The summed E-state index contributed by atoms with van der Waals surface area (Å²) in [6.07, 6.45) is 3.55. The Kier molecular flexibility index (Phi) is 3.83. The molecule has 0 saturated carbocycles. The Labute approximate surface area is 120 Å². The summed E-state index contributed by atoms with van der Waals surface area (Å²) in [6, 6.07) is 9.02. The molecule has 1 N–H and O–H groups in total. The first kappa shape index (κ1) is 13.3. The van der Waals surface area contributed by atoms with E-state index in [1.165, 1.54) is 24.0 Å². The van der Waals surface area contributed by atoms with Crippen LogP contribution in [0.2, 0.25) is 0 Å². The van der Waals surface area contributed by atoms with Crippen LogP contribution in [0.4, 0.5) is 0 Å². The van der Waals surface area contributed by atoms with E-state index in [1.54, 1.807) is 0 Å². The molecular formula is C16H22N4. The maximum Gasteiger partial charge on any atom is 0.147 e. The number of benzene rings is 1. The third-order valence-electron chi connectivity index (χ3n) is 4.08. The molecule has 1 aromatic heterocycles. The van der Waals surface area contributed by atoms with Gasteiger partial charge in [0.2, 0.25) is 0 Å². The fourth-order valence-electron chi connectivity index (χ4n) is 2.72. The van der Waals surface area contributed by atoms with Gasteiger partial charge in [0.1, 0.15) is 11.6 Å². The minimum atomic E-state index is 0.326. The number of hydrogen-bond acceptors (Lipinski definition) is 3. The second-order valence-electron chi connectivity index (χ2n) is 5.65. The molecule has 1 aromatic carbocycles. The van der Waals surface area contributed by atoms with Crippen molar-refractivity contribution in [2.75, 3.05) is 0 Å². The Hall–Kier alpha value is -1.68. The molecule has 106 valence electrons. The SMILES string of the molecule is Cc1ccc([C@@H](C)NCc2nnc3n2CCCC3)cc1. The number of nitrogens with zero attached hydrogens (tertiary/aromatic N) is 3. The van der Waals surface area contributed by atoms with Crippen molar-refractivity contribution in [1.29, 1.82) is 0 Å². The van der Waals surface area contributed by atoms with E-state index in [4.69, 9.17) is 0 Å². The van der Waals surface area contributed by atoms with Crippen LogP contribution in [0.25, 0.3) is 0 Å². The van der Waals surface area contributed by atoms with Crippen molar-refractivity contribution in [1.82, 2.24) is 20.1 Å². The van der Waals surface area contributed by atoms with Gasteiger partial charge in [0.25, 0.3) is 0 Å². The Balaban J connectivity index is 1.64. The monoisotopic (exact) mass is 270 g/mol. The van der Waals surface area contributed by atoms with Gasteiger partial charge < -0.3 is 9.88 Å². The molecule has 1 aliphatic heterocycles. The third kappa shape index (κ3) is 2.75. The summed E-state index contributed by atoms with van der Waals surface area (Å²) < 4.78 is 2.28. The number of nitrogens with one attached hydrogen (secondary N) is 1. The predicted molar refractivity (Wildman–Crippen MR) is 79.4 cm³/mol. The van der Waals surface area contributed by atoms with Gasteiger partial charge in [0.15, 0.2) is 0 Å². The fraction of sp³-hybridized carbons (Fsp3) is 0.500. The summed E-state index contributed by atoms with van der Waals surface area (Å²) in [5.41, 5.74) is 2.61. The molecule has 2 heterocycles. The van der Waals surface area contributed by atoms with E-state index in [1.807, 2.05) is 0 Å². The smallest absolute Gasteiger partial charge is 0.147 e. The molecule has 0 amide bonds. The highest BCUT2D eigenvalue weighted by molar-refractivity contribution is 5.23. The summed E-state index contributed by atoms with van der Waals surface area (Å²) in [5.74, 6) is 2.22. The van der Waals surface area contributed by atoms with Gasteiger partial charge in [-0.1, -0.05) is 29.8 Å². The highest BCUT2D eigenvalue weighted by Gasteiger charge is 2.16. The average Bonchev–Trinajstić information content (AvgIpc) is 2.89. The summed E-state index contributed by atoms with van der Waals surface area (Å²) in [4.78, 5) is 0. The first-order valence-corrected chi connectivity index (χ1v) is 7.45. The van der Waals surface area contributed by atoms with E-state index in [0.29, 0.717) is 6.04 Å². The molecule has 0 unspecified atom stereocenters. The zero-order valence-corrected chi connectivity index (χ0v) is 12.3. The lowest BCUT2D eigenvalue weighted by Crippen LogP contribution is -2.22. The Morgan fingerprint density at radius 1 is 1.20 bits per heavy atom. The van der Waals surface area contributed by atoms with Gasteiger partial charge in [-0.3, -0.25) is 0 Å². The van der Waals surface area contributed by atoms with E-state index in [-0.39, 0.29) is 0 Å². The number of rotatable bonds is 4. The van der Waals surface area contributed by atoms with Gasteiger partial charge in [-0.2, -0.15) is 0 Å². The lowest BCUT2D eigenvalue weighted by atomic mass is 10.1. The first-order valence-electron chi connectivity index (χ1n) is 7.45. The Morgan fingerprint density at radius 2 is 2.00 bits per heavy atom. The molecule has 0 saturated heterocycles.